The van der Waals surface area contributed by atoms with Crippen LogP contribution in [0, 0.1) is 0 Å². The Bertz CT molecular complexity index is 146. The van der Waals surface area contributed by atoms with Crippen molar-refractivity contribution in [2.24, 2.45) is 10.9 Å². The summed E-state index contributed by atoms with van der Waals surface area (Å²) in [6.45, 7) is 5.31. The summed E-state index contributed by atoms with van der Waals surface area (Å²) in [6, 6.07) is 0.595. The normalized spacial score (nSPS) is 30.0. The predicted octanol–water partition coefficient (Wildman–Crippen LogP) is 0.673. The van der Waals surface area contributed by atoms with Crippen LogP contribution < -0.4 is 5.84 Å². The van der Waals surface area contributed by atoms with Gasteiger partial charge < -0.3 is 10.7 Å². The topological polar surface area (TPSA) is 41.6 Å². The zero-order valence-corrected chi connectivity index (χ0v) is 7.19. The molecule has 0 aromatic rings. The molecule has 0 spiro atoms. The molecule has 1 aliphatic heterocycles. The monoisotopic (exact) mass is 159 g/mol. The van der Waals surface area contributed by atoms with Crippen molar-refractivity contribution in [2.45, 2.75) is 19.9 Å². The zero-order valence-electron chi connectivity index (χ0n) is 6.37. The van der Waals surface area contributed by atoms with E-state index in [1.165, 1.54) is 0 Å². The van der Waals surface area contributed by atoms with E-state index < -0.39 is 0 Å². The van der Waals surface area contributed by atoms with Crippen LogP contribution in [0.5, 0.6) is 0 Å². The van der Waals surface area contributed by atoms with E-state index in [0.717, 1.165) is 17.5 Å². The van der Waals surface area contributed by atoms with Gasteiger partial charge >= 0.3 is 0 Å². The van der Waals surface area contributed by atoms with Crippen molar-refractivity contribution in [3.8, 4) is 0 Å². The molecule has 1 heterocycles. The van der Waals surface area contributed by atoms with Crippen molar-refractivity contribution in [2.75, 3.05) is 12.3 Å². The first-order valence-electron chi connectivity index (χ1n) is 3.47. The molecule has 0 saturated carbocycles. The van der Waals surface area contributed by atoms with E-state index in [0.29, 0.717) is 6.04 Å². The molecule has 2 N–H and O–H groups in total. The van der Waals surface area contributed by atoms with Gasteiger partial charge in [-0.25, -0.2) is 0 Å². The number of nitrogens with two attached hydrogens (primary N) is 1. The molecule has 1 atom stereocenters. The van der Waals surface area contributed by atoms with E-state index in [2.05, 4.69) is 23.8 Å². The highest BCUT2D eigenvalue weighted by Crippen LogP contribution is 2.22. The zero-order chi connectivity index (χ0) is 7.56. The van der Waals surface area contributed by atoms with Crippen molar-refractivity contribution in [1.82, 2.24) is 4.90 Å². The van der Waals surface area contributed by atoms with Gasteiger partial charge in [0.1, 0.15) is 0 Å². The van der Waals surface area contributed by atoms with Crippen LogP contribution in [-0.2, 0) is 0 Å². The van der Waals surface area contributed by atoms with E-state index in [4.69, 9.17) is 5.84 Å². The van der Waals surface area contributed by atoms with Gasteiger partial charge in [-0.1, -0.05) is 11.8 Å². The lowest BCUT2D eigenvalue weighted by Crippen LogP contribution is -2.31. The highest BCUT2D eigenvalue weighted by atomic mass is 32.2. The first kappa shape index (κ1) is 7.72. The van der Waals surface area contributed by atoms with Crippen LogP contribution in [0.4, 0.5) is 0 Å². The quantitative estimate of drug-likeness (QED) is 0.452. The highest BCUT2D eigenvalue weighted by Gasteiger charge is 2.24. The Balaban J connectivity index is 2.63. The molecule has 0 aliphatic carbocycles. The summed E-state index contributed by atoms with van der Waals surface area (Å²) in [5.74, 6) is 6.30. The maximum absolute atomic E-state index is 5.19. The Morgan fingerprint density at radius 2 is 2.60 bits per heavy atom. The van der Waals surface area contributed by atoms with E-state index >= 15 is 0 Å². The largest absolute Gasteiger partial charge is 0.347 e. The molecule has 0 aromatic carbocycles. The maximum atomic E-state index is 5.19. The fourth-order valence-electron chi connectivity index (χ4n) is 1.11. The van der Waals surface area contributed by atoms with Crippen LogP contribution in [-0.4, -0.2) is 28.4 Å². The Morgan fingerprint density at radius 3 is 3.00 bits per heavy atom. The van der Waals surface area contributed by atoms with Gasteiger partial charge in [-0.3, -0.25) is 0 Å². The van der Waals surface area contributed by atoms with Crippen LogP contribution in [0.1, 0.15) is 13.8 Å². The van der Waals surface area contributed by atoms with Gasteiger partial charge in [0, 0.05) is 18.3 Å². The lowest BCUT2D eigenvalue weighted by Gasteiger charge is -2.19. The summed E-state index contributed by atoms with van der Waals surface area (Å²) >= 11 is 1.73. The molecule has 0 bridgehead atoms. The van der Waals surface area contributed by atoms with Crippen LogP contribution in [0.2, 0.25) is 0 Å². The Labute approximate surface area is 65.6 Å². The number of nitrogens with zero attached hydrogens (tertiary/aromatic N) is 2. The minimum atomic E-state index is 0.595. The van der Waals surface area contributed by atoms with Crippen molar-refractivity contribution >= 4 is 16.9 Å². The smallest absolute Gasteiger partial charge is 0.183 e. The number of hydrogen-bond acceptors (Lipinski definition) is 3. The molecule has 0 unspecified atom stereocenters. The maximum Gasteiger partial charge on any atom is 0.183 e. The summed E-state index contributed by atoms with van der Waals surface area (Å²) in [4.78, 5) is 2.21. The standard InChI is InChI=1S/C6H13N3S/c1-3-9-5(2)4-10-6(9)8-7/h5H,3-4,7H2,1-2H3/b8-6-/t5-/m1/s1. The first-order chi connectivity index (χ1) is 4.79. The molecule has 4 heteroatoms. The van der Waals surface area contributed by atoms with Crippen molar-refractivity contribution in [3.05, 3.63) is 0 Å². The van der Waals surface area contributed by atoms with Gasteiger partial charge in [0.15, 0.2) is 5.17 Å². The van der Waals surface area contributed by atoms with Crippen LogP contribution in [0.25, 0.3) is 0 Å². The average Bonchev–Trinajstić information content (AvgIpc) is 2.30. The summed E-state index contributed by atoms with van der Waals surface area (Å²) in [6.07, 6.45) is 0. The number of hydrogen-bond donors (Lipinski definition) is 1. The van der Waals surface area contributed by atoms with E-state index in [9.17, 15) is 0 Å². The minimum absolute atomic E-state index is 0.595. The van der Waals surface area contributed by atoms with Gasteiger partial charge in [0.05, 0.1) is 0 Å². The minimum Gasteiger partial charge on any atom is -0.347 e. The fourth-order valence-corrected chi connectivity index (χ4v) is 2.23. The molecule has 58 valence electrons. The summed E-state index contributed by atoms with van der Waals surface area (Å²) < 4.78 is 0. The van der Waals surface area contributed by atoms with Gasteiger partial charge in [-0.15, -0.1) is 0 Å². The number of thioether (sulfide) groups is 1. The average molecular weight is 159 g/mol. The third-order valence-corrected chi connectivity index (χ3v) is 2.93. The Morgan fingerprint density at radius 1 is 1.90 bits per heavy atom. The molecular formula is C6H13N3S. The third kappa shape index (κ3) is 1.21. The molecule has 3 nitrogen and oxygen atoms in total. The molecule has 0 aromatic heterocycles. The Kier molecular flexibility index (Phi) is 2.43. The Hall–Kier alpha value is -0.380. The summed E-state index contributed by atoms with van der Waals surface area (Å²) in [5.41, 5.74) is 0. The van der Waals surface area contributed by atoms with Gasteiger partial charge in [-0.2, -0.15) is 5.10 Å². The summed E-state index contributed by atoms with van der Waals surface area (Å²) in [7, 11) is 0. The predicted molar refractivity (Wildman–Crippen MR) is 45.9 cm³/mol. The third-order valence-electron chi connectivity index (χ3n) is 1.68. The number of amidine groups is 1. The van der Waals surface area contributed by atoms with Crippen LogP contribution >= 0.6 is 11.8 Å². The second-order valence-corrected chi connectivity index (χ2v) is 3.34. The molecule has 1 saturated heterocycles. The van der Waals surface area contributed by atoms with E-state index in [-0.39, 0.29) is 0 Å². The highest BCUT2D eigenvalue weighted by molar-refractivity contribution is 8.14. The molecule has 0 radical (unpaired) electrons. The van der Waals surface area contributed by atoms with Crippen molar-refractivity contribution in [1.29, 1.82) is 0 Å². The number of rotatable bonds is 1. The fraction of sp³-hybridized carbons (Fsp3) is 0.833. The van der Waals surface area contributed by atoms with E-state index in [1.807, 2.05) is 0 Å². The second kappa shape index (κ2) is 3.14. The van der Waals surface area contributed by atoms with E-state index in [1.54, 1.807) is 11.8 Å². The molecule has 0 amide bonds. The van der Waals surface area contributed by atoms with Crippen LogP contribution in [0.3, 0.4) is 0 Å². The molecule has 1 aliphatic rings. The van der Waals surface area contributed by atoms with Gasteiger partial charge in [-0.05, 0) is 13.8 Å². The lowest BCUT2D eigenvalue weighted by atomic mass is 10.3. The van der Waals surface area contributed by atoms with Crippen molar-refractivity contribution in [3.63, 3.8) is 0 Å². The molecule has 1 rings (SSSR count). The van der Waals surface area contributed by atoms with Crippen molar-refractivity contribution < 1.29 is 0 Å². The van der Waals surface area contributed by atoms with Gasteiger partial charge in [0.25, 0.3) is 0 Å². The molecular weight excluding hydrogens is 146 g/mol. The lowest BCUT2D eigenvalue weighted by molar-refractivity contribution is 0.388. The first-order valence-corrected chi connectivity index (χ1v) is 4.45. The van der Waals surface area contributed by atoms with Gasteiger partial charge in [0.2, 0.25) is 0 Å². The number of hydrazone groups is 1. The molecule has 10 heavy (non-hydrogen) atoms. The SMILES string of the molecule is CCN1/C(=N/N)SC[C@H]1C. The summed E-state index contributed by atoms with van der Waals surface area (Å²) in [5, 5.41) is 4.68. The molecule has 1 fully saturated rings. The van der Waals surface area contributed by atoms with Crippen LogP contribution in [0.15, 0.2) is 5.10 Å². The second-order valence-electron chi connectivity index (χ2n) is 2.36.